The molecule has 2 bridgehead atoms. The van der Waals surface area contributed by atoms with E-state index < -0.39 is 5.60 Å². The highest BCUT2D eigenvalue weighted by atomic mass is 16.5. The Hall–Kier alpha value is -1.50. The van der Waals surface area contributed by atoms with Gasteiger partial charge in [-0.15, -0.1) is 6.58 Å². The molecule has 5 nitrogen and oxygen atoms in total. The van der Waals surface area contributed by atoms with E-state index in [-0.39, 0.29) is 8.41 Å². The number of hydrogen-bond acceptors (Lipinski definition) is 5. The molecule has 0 aromatic heterocycles. The van der Waals surface area contributed by atoms with Gasteiger partial charge in [-0.3, -0.25) is 0 Å². The highest BCUT2D eigenvalue weighted by Gasteiger charge is 2.46. The first-order chi connectivity index (χ1) is 12.1. The Labute approximate surface area is 158 Å². The Morgan fingerprint density at radius 1 is 1.27 bits per heavy atom. The van der Waals surface area contributed by atoms with Gasteiger partial charge in [0, 0.05) is 19.2 Å². The zero-order chi connectivity index (χ0) is 17.7. The van der Waals surface area contributed by atoms with Gasteiger partial charge in [0.25, 0.3) is 0 Å². The fourth-order valence-corrected chi connectivity index (χ4v) is 3.86. The lowest BCUT2D eigenvalue weighted by Gasteiger charge is -2.50. The van der Waals surface area contributed by atoms with E-state index in [4.69, 9.17) is 14.2 Å². The van der Waals surface area contributed by atoms with Gasteiger partial charge < -0.3 is 24.2 Å². The summed E-state index contributed by atoms with van der Waals surface area (Å²) in [5, 5.41) is 11.0. The van der Waals surface area contributed by atoms with E-state index in [1.54, 1.807) is 7.11 Å². The molecule has 1 aromatic rings. The predicted octanol–water partition coefficient (Wildman–Crippen LogP) is 1.09. The number of methoxy groups -OCH3 is 1. The van der Waals surface area contributed by atoms with Crippen LogP contribution in [0.1, 0.15) is 18.4 Å². The van der Waals surface area contributed by atoms with Gasteiger partial charge in [0.2, 0.25) is 0 Å². The van der Waals surface area contributed by atoms with Crippen LogP contribution in [-0.4, -0.2) is 70.6 Å². The molecule has 6 heteroatoms. The smallest absolute Gasteiger partial charge is 0.123 e. The molecular weight excluding hydrogens is 329 g/mol. The molecule has 1 atom stereocenters. The van der Waals surface area contributed by atoms with Crippen molar-refractivity contribution < 1.29 is 19.3 Å². The van der Waals surface area contributed by atoms with Crippen LogP contribution in [-0.2, 0) is 11.2 Å². The molecule has 26 heavy (non-hydrogen) atoms. The van der Waals surface area contributed by atoms with Gasteiger partial charge in [-0.05, 0) is 56.5 Å². The van der Waals surface area contributed by atoms with Gasteiger partial charge in [-0.25, -0.2) is 0 Å². The van der Waals surface area contributed by atoms with Crippen molar-refractivity contribution in [2.45, 2.75) is 24.9 Å². The number of nitrogens with zero attached hydrogens (tertiary/aromatic N) is 1. The largest absolute Gasteiger partial charge is 0.491 e. The molecule has 3 saturated heterocycles. The van der Waals surface area contributed by atoms with Crippen molar-refractivity contribution in [1.29, 1.82) is 0 Å². The molecule has 4 rings (SSSR count). The van der Waals surface area contributed by atoms with E-state index in [0.717, 1.165) is 43.0 Å². The number of aliphatic hydroxyl groups is 1. The number of piperidine rings is 3. The molecule has 0 saturated carbocycles. The van der Waals surface area contributed by atoms with Gasteiger partial charge >= 0.3 is 0 Å². The van der Waals surface area contributed by atoms with Gasteiger partial charge in [-0.2, -0.15) is 0 Å². The molecule has 3 fully saturated rings. The molecule has 144 valence electrons. The molecule has 1 N–H and O–H groups in total. The van der Waals surface area contributed by atoms with E-state index >= 15 is 0 Å². The van der Waals surface area contributed by atoms with Crippen LogP contribution in [0.25, 0.3) is 0 Å². The first-order valence-corrected chi connectivity index (χ1v) is 9.08. The topological polar surface area (TPSA) is 51.2 Å². The molecule has 0 aliphatic carbocycles. The highest BCUT2D eigenvalue weighted by molar-refractivity contribution is 5.75. The average molecular weight is 361 g/mol. The van der Waals surface area contributed by atoms with Crippen molar-refractivity contribution in [1.82, 2.24) is 4.90 Å². The third-order valence-electron chi connectivity index (χ3n) is 5.27. The maximum absolute atomic E-state index is 11.0. The van der Waals surface area contributed by atoms with Crippen molar-refractivity contribution in [2.75, 3.05) is 46.6 Å². The van der Waals surface area contributed by atoms with Crippen LogP contribution in [0.4, 0.5) is 0 Å². The molecule has 0 amide bonds. The lowest BCUT2D eigenvalue weighted by Crippen LogP contribution is -2.61. The zero-order valence-corrected chi connectivity index (χ0v) is 15.1. The summed E-state index contributed by atoms with van der Waals surface area (Å²) in [6, 6.07) is 5.80. The van der Waals surface area contributed by atoms with Crippen LogP contribution < -0.4 is 9.47 Å². The van der Waals surface area contributed by atoms with E-state index in [1.807, 2.05) is 24.3 Å². The van der Waals surface area contributed by atoms with Crippen molar-refractivity contribution in [3.8, 4) is 11.5 Å². The second kappa shape index (κ2) is 9.44. The first kappa shape index (κ1) is 20.8. The summed E-state index contributed by atoms with van der Waals surface area (Å²) in [6.45, 7) is 8.14. The lowest BCUT2D eigenvalue weighted by molar-refractivity contribution is -0.131. The minimum atomic E-state index is -0.740. The molecule has 1 aromatic carbocycles. The van der Waals surface area contributed by atoms with E-state index in [2.05, 4.69) is 11.5 Å². The summed E-state index contributed by atoms with van der Waals surface area (Å²) < 4.78 is 16.7. The normalized spacial score (nSPS) is 26.8. The monoisotopic (exact) mass is 361 g/mol. The molecule has 1 unspecified atom stereocenters. The summed E-state index contributed by atoms with van der Waals surface area (Å²) >= 11 is 0. The first-order valence-electron chi connectivity index (χ1n) is 9.08. The molecule has 3 aliphatic rings. The second-order valence-corrected chi connectivity index (χ2v) is 7.05. The highest BCUT2D eigenvalue weighted by Crippen LogP contribution is 2.36. The summed E-state index contributed by atoms with van der Waals surface area (Å²) in [5.41, 5.74) is 0.282. The third kappa shape index (κ3) is 4.81. The number of benzene rings is 1. The number of hydrogen-bond donors (Lipinski definition) is 1. The maximum Gasteiger partial charge on any atom is 0.123 e. The Balaban J connectivity index is 0.00000243. The van der Waals surface area contributed by atoms with Crippen molar-refractivity contribution >= 4 is 8.41 Å². The second-order valence-electron chi connectivity index (χ2n) is 7.05. The minimum absolute atomic E-state index is 0. The standard InChI is InChI=1S/C20H29NO4.BH3/c1-3-4-16-13-18(24-12-11-23-2)5-6-19(16)25-15-20(22)14-21-9-7-17(20)8-10-21;/h3,5-6,13,17,22H,1,4,7-12,14-15H2,2H3;1H3. The molecule has 3 heterocycles. The fraction of sp³-hybridized carbons (Fsp3) is 0.600. The molecule has 0 spiro atoms. The number of allylic oxidation sites excluding steroid dienone is 1. The van der Waals surface area contributed by atoms with Gasteiger partial charge in [0.1, 0.15) is 30.3 Å². The Morgan fingerprint density at radius 3 is 2.65 bits per heavy atom. The van der Waals surface area contributed by atoms with Crippen molar-refractivity contribution in [2.24, 2.45) is 5.92 Å². The van der Waals surface area contributed by atoms with Crippen LogP contribution in [0.3, 0.4) is 0 Å². The molecular formula is C20H32BNO4. The van der Waals surface area contributed by atoms with Gasteiger partial charge in [0.05, 0.1) is 15.0 Å². The quantitative estimate of drug-likeness (QED) is 0.406. The third-order valence-corrected chi connectivity index (χ3v) is 5.27. The number of ether oxygens (including phenoxy) is 3. The van der Waals surface area contributed by atoms with Gasteiger partial charge in [0.15, 0.2) is 0 Å². The van der Waals surface area contributed by atoms with Crippen LogP contribution in [0, 0.1) is 5.92 Å². The van der Waals surface area contributed by atoms with Crippen LogP contribution in [0.2, 0.25) is 0 Å². The van der Waals surface area contributed by atoms with Crippen LogP contribution in [0.15, 0.2) is 30.9 Å². The fourth-order valence-electron chi connectivity index (χ4n) is 3.86. The maximum atomic E-state index is 11.0. The van der Waals surface area contributed by atoms with Crippen molar-refractivity contribution in [3.05, 3.63) is 36.4 Å². The number of rotatable bonds is 9. The lowest BCUT2D eigenvalue weighted by atomic mass is 9.76. The van der Waals surface area contributed by atoms with Gasteiger partial charge in [-0.1, -0.05) is 6.08 Å². The van der Waals surface area contributed by atoms with E-state index in [0.29, 0.717) is 38.7 Å². The average Bonchev–Trinajstić information content (AvgIpc) is 2.62. The SMILES string of the molecule is B.C=CCc1cc(OCCOC)ccc1OCC1(O)CN2CCC1CC2. The summed E-state index contributed by atoms with van der Waals surface area (Å²) in [7, 11) is 1.66. The summed E-state index contributed by atoms with van der Waals surface area (Å²) in [6.07, 6.45) is 4.67. The Kier molecular flexibility index (Phi) is 7.56. The molecule has 3 aliphatic heterocycles. The van der Waals surface area contributed by atoms with E-state index in [9.17, 15) is 5.11 Å². The van der Waals surface area contributed by atoms with Crippen LogP contribution in [0.5, 0.6) is 11.5 Å². The summed E-state index contributed by atoms with van der Waals surface area (Å²) in [4.78, 5) is 2.33. The zero-order valence-electron chi connectivity index (χ0n) is 15.1. The van der Waals surface area contributed by atoms with Crippen LogP contribution >= 0.6 is 0 Å². The minimum Gasteiger partial charge on any atom is -0.491 e. The molecule has 0 radical (unpaired) electrons. The predicted molar refractivity (Wildman–Crippen MR) is 107 cm³/mol. The summed E-state index contributed by atoms with van der Waals surface area (Å²) in [5.74, 6) is 1.93. The van der Waals surface area contributed by atoms with Crippen molar-refractivity contribution in [3.63, 3.8) is 0 Å². The number of fused-ring (bicyclic) bond motifs is 3. The van der Waals surface area contributed by atoms with E-state index in [1.165, 1.54) is 0 Å². The Bertz CT molecular complexity index is 589. The Morgan fingerprint density at radius 2 is 2.04 bits per heavy atom.